The fourth-order valence-electron chi connectivity index (χ4n) is 0.950. The first-order valence-electron chi connectivity index (χ1n) is 3.64. The zero-order valence-corrected chi connectivity index (χ0v) is 7.06. The van der Waals surface area contributed by atoms with Crippen molar-refractivity contribution in [3.63, 3.8) is 0 Å². The van der Waals surface area contributed by atoms with Gasteiger partial charge in [-0.25, -0.2) is 0 Å². The van der Waals surface area contributed by atoms with Crippen molar-refractivity contribution >= 4 is 13.4 Å². The summed E-state index contributed by atoms with van der Waals surface area (Å²) in [5.74, 6) is 0.291. The Morgan fingerprint density at radius 2 is 2.31 bits per heavy atom. The van der Waals surface area contributed by atoms with Crippen LogP contribution in [0.15, 0.2) is 18.2 Å². The van der Waals surface area contributed by atoms with Crippen molar-refractivity contribution in [2.75, 3.05) is 0 Å². The first kappa shape index (κ1) is 9.53. The number of nitro groups is 1. The van der Waals surface area contributed by atoms with Crippen LogP contribution >= 0.6 is 0 Å². The lowest BCUT2D eigenvalue weighted by atomic mass is 10.2. The number of nitro benzene ring substituents is 1. The molecule has 5 nitrogen and oxygen atoms in total. The fourth-order valence-corrected chi connectivity index (χ4v) is 0.950. The lowest BCUT2D eigenvalue weighted by Crippen LogP contribution is -2.00. The zero-order chi connectivity index (χ0) is 9.84. The van der Waals surface area contributed by atoms with Crippen LogP contribution in [0.5, 0.6) is 5.75 Å². The summed E-state index contributed by atoms with van der Waals surface area (Å²) in [6, 6.07) is 4.42. The van der Waals surface area contributed by atoms with E-state index in [2.05, 4.69) is 0 Å². The molecule has 0 radical (unpaired) electrons. The van der Waals surface area contributed by atoms with Crippen molar-refractivity contribution in [2.24, 2.45) is 0 Å². The van der Waals surface area contributed by atoms with Gasteiger partial charge in [-0.1, -0.05) is 0 Å². The Morgan fingerprint density at radius 3 is 2.85 bits per heavy atom. The maximum absolute atomic E-state index is 10.5. The average molecular weight is 181 g/mol. The second kappa shape index (κ2) is 3.91. The van der Waals surface area contributed by atoms with E-state index in [4.69, 9.17) is 9.68 Å². The Balaban J connectivity index is 3.04. The van der Waals surface area contributed by atoms with Crippen molar-refractivity contribution in [1.82, 2.24) is 0 Å². The van der Waals surface area contributed by atoms with E-state index in [1.165, 1.54) is 6.07 Å². The van der Waals surface area contributed by atoms with Gasteiger partial charge in [0, 0.05) is 5.56 Å². The molecule has 0 unspecified atom stereocenters. The van der Waals surface area contributed by atoms with Crippen LogP contribution in [0.25, 0.3) is 0 Å². The molecule has 13 heavy (non-hydrogen) atoms. The van der Waals surface area contributed by atoms with Crippen LogP contribution in [-0.2, 0) is 0 Å². The van der Waals surface area contributed by atoms with Crippen LogP contribution in [0, 0.1) is 17.0 Å². The van der Waals surface area contributed by atoms with Gasteiger partial charge in [-0.2, -0.15) is 0 Å². The smallest absolute Gasteiger partial charge is 0.504 e. The Hall–Kier alpha value is -1.56. The van der Waals surface area contributed by atoms with E-state index in [-0.39, 0.29) is 5.69 Å². The molecule has 0 aliphatic rings. The average Bonchev–Trinajstić information content (AvgIpc) is 2.08. The van der Waals surface area contributed by atoms with Crippen molar-refractivity contribution in [1.29, 1.82) is 0 Å². The monoisotopic (exact) mass is 181 g/mol. The summed E-state index contributed by atoms with van der Waals surface area (Å²) in [6.45, 7) is 1.64. The Labute approximate surface area is 75.4 Å². The molecule has 0 fully saturated rings. The predicted molar refractivity (Wildman–Crippen MR) is 47.8 cm³/mol. The van der Waals surface area contributed by atoms with Gasteiger partial charge in [-0.05, 0) is 19.1 Å². The molecule has 0 amide bonds. The highest BCUT2D eigenvalue weighted by molar-refractivity contribution is 6.17. The summed E-state index contributed by atoms with van der Waals surface area (Å²) in [6.07, 6.45) is 0. The van der Waals surface area contributed by atoms with Gasteiger partial charge >= 0.3 is 7.69 Å². The summed E-state index contributed by atoms with van der Waals surface area (Å²) >= 11 is 0. The van der Waals surface area contributed by atoms with Crippen LogP contribution in [-0.4, -0.2) is 17.6 Å². The molecule has 0 heterocycles. The fraction of sp³-hybridized carbons (Fsp3) is 0.143. The van der Waals surface area contributed by atoms with Gasteiger partial charge in [0.1, 0.15) is 5.75 Å². The third kappa shape index (κ3) is 2.19. The number of aryl methyl sites for hydroxylation is 1. The lowest BCUT2D eigenvalue weighted by molar-refractivity contribution is -0.385. The summed E-state index contributed by atoms with van der Waals surface area (Å²) in [5.41, 5.74) is 0.557. The Morgan fingerprint density at radius 1 is 1.62 bits per heavy atom. The van der Waals surface area contributed by atoms with Gasteiger partial charge in [0.15, 0.2) is 0 Å². The maximum Gasteiger partial charge on any atom is 0.504 e. The standard InChI is InChI=1S/C7H8BNO4/c1-5-2-3-6(13-8-10)4-7(5)9(11)12/h2-4,8,10H,1H3. The van der Waals surface area contributed by atoms with E-state index in [0.29, 0.717) is 11.3 Å². The van der Waals surface area contributed by atoms with Gasteiger partial charge in [-0.3, -0.25) is 10.1 Å². The largest absolute Gasteiger partial charge is 0.539 e. The van der Waals surface area contributed by atoms with Crippen molar-refractivity contribution < 1.29 is 14.6 Å². The molecule has 0 spiro atoms. The van der Waals surface area contributed by atoms with Crippen LogP contribution in [0.4, 0.5) is 5.69 Å². The number of nitrogens with zero attached hydrogens (tertiary/aromatic N) is 1. The molecular formula is C7H8BNO4. The molecule has 68 valence electrons. The second-order valence-corrected chi connectivity index (χ2v) is 2.48. The third-order valence-electron chi connectivity index (χ3n) is 1.61. The number of hydrogen-bond acceptors (Lipinski definition) is 4. The number of hydrogen-bond donors (Lipinski definition) is 1. The highest BCUT2D eigenvalue weighted by Crippen LogP contribution is 2.23. The molecule has 0 atom stereocenters. The van der Waals surface area contributed by atoms with E-state index in [1.807, 2.05) is 0 Å². The Kier molecular flexibility index (Phi) is 2.86. The molecule has 1 N–H and O–H groups in total. The van der Waals surface area contributed by atoms with E-state index in [1.54, 1.807) is 19.1 Å². The van der Waals surface area contributed by atoms with Crippen LogP contribution in [0.3, 0.4) is 0 Å². The van der Waals surface area contributed by atoms with Gasteiger partial charge in [-0.15, -0.1) is 0 Å². The molecular weight excluding hydrogens is 173 g/mol. The molecule has 1 aromatic carbocycles. The van der Waals surface area contributed by atoms with Crippen LogP contribution < -0.4 is 4.65 Å². The van der Waals surface area contributed by atoms with Gasteiger partial charge in [0.2, 0.25) is 0 Å². The summed E-state index contributed by atoms with van der Waals surface area (Å²) < 4.78 is 4.70. The summed E-state index contributed by atoms with van der Waals surface area (Å²) in [7, 11) is -0.486. The third-order valence-corrected chi connectivity index (χ3v) is 1.61. The molecule has 6 heteroatoms. The van der Waals surface area contributed by atoms with Crippen molar-refractivity contribution in [3.05, 3.63) is 33.9 Å². The minimum Gasteiger partial charge on any atom is -0.539 e. The maximum atomic E-state index is 10.5. The molecule has 0 aromatic heterocycles. The predicted octanol–water partition coefficient (Wildman–Crippen LogP) is 0.541. The van der Waals surface area contributed by atoms with E-state index < -0.39 is 12.6 Å². The number of rotatable bonds is 3. The number of benzene rings is 1. The molecule has 1 rings (SSSR count). The molecule has 0 aliphatic heterocycles. The van der Waals surface area contributed by atoms with Gasteiger partial charge < -0.3 is 9.68 Å². The van der Waals surface area contributed by atoms with E-state index >= 15 is 0 Å². The minimum absolute atomic E-state index is 0.00838. The minimum atomic E-state index is -0.487. The van der Waals surface area contributed by atoms with Gasteiger partial charge in [0.25, 0.3) is 5.69 Å². The van der Waals surface area contributed by atoms with E-state index in [0.717, 1.165) is 0 Å². The summed E-state index contributed by atoms with van der Waals surface area (Å²) in [5, 5.41) is 18.9. The van der Waals surface area contributed by atoms with Crippen molar-refractivity contribution in [2.45, 2.75) is 6.92 Å². The van der Waals surface area contributed by atoms with Crippen LogP contribution in [0.2, 0.25) is 0 Å². The Bertz CT molecular complexity index is 328. The zero-order valence-electron chi connectivity index (χ0n) is 7.06. The normalized spacial score (nSPS) is 9.38. The van der Waals surface area contributed by atoms with Crippen molar-refractivity contribution in [3.8, 4) is 5.75 Å². The molecule has 0 bridgehead atoms. The van der Waals surface area contributed by atoms with Gasteiger partial charge in [0.05, 0.1) is 11.0 Å². The topological polar surface area (TPSA) is 72.6 Å². The highest BCUT2D eigenvalue weighted by atomic mass is 16.6. The summed E-state index contributed by atoms with van der Waals surface area (Å²) in [4.78, 5) is 9.98. The quantitative estimate of drug-likeness (QED) is 0.419. The molecule has 1 aromatic rings. The molecule has 0 saturated carbocycles. The van der Waals surface area contributed by atoms with Crippen LogP contribution in [0.1, 0.15) is 5.56 Å². The lowest BCUT2D eigenvalue weighted by Gasteiger charge is -2.02. The second-order valence-electron chi connectivity index (χ2n) is 2.48. The molecule has 0 saturated heterocycles. The highest BCUT2D eigenvalue weighted by Gasteiger charge is 2.10. The molecule has 0 aliphatic carbocycles. The first-order chi connectivity index (χ1) is 6.15. The SMILES string of the molecule is Cc1ccc(OBO)cc1[N+](=O)[O-]. The van der Waals surface area contributed by atoms with E-state index in [9.17, 15) is 10.1 Å². The first-order valence-corrected chi connectivity index (χ1v) is 3.64.